The lowest BCUT2D eigenvalue weighted by molar-refractivity contribution is -0.387. The van der Waals surface area contributed by atoms with Gasteiger partial charge in [0.1, 0.15) is 5.76 Å². The maximum absolute atomic E-state index is 13.2. The van der Waals surface area contributed by atoms with Crippen molar-refractivity contribution in [3.05, 3.63) is 51.1 Å². The van der Waals surface area contributed by atoms with Crippen molar-refractivity contribution in [2.24, 2.45) is 0 Å². The predicted octanol–water partition coefficient (Wildman–Crippen LogP) is 2.91. The van der Waals surface area contributed by atoms with Crippen molar-refractivity contribution in [2.75, 3.05) is 5.32 Å². The fraction of sp³-hybridized carbons (Fsp3) is 0.286. The number of benzene rings is 1. The summed E-state index contributed by atoms with van der Waals surface area (Å²) in [7, 11) is 0. The number of nitro benzene ring substituents is 1. The zero-order chi connectivity index (χ0) is 16.3. The van der Waals surface area contributed by atoms with Crippen LogP contribution < -0.4 is 5.32 Å². The highest BCUT2D eigenvalue weighted by molar-refractivity contribution is 5.91. The van der Waals surface area contributed by atoms with Crippen LogP contribution in [0.5, 0.6) is 0 Å². The number of aryl methyl sites for hydroxylation is 2. The van der Waals surface area contributed by atoms with E-state index in [1.165, 1.54) is 6.07 Å². The number of anilines is 1. The van der Waals surface area contributed by atoms with Crippen LogP contribution in [0.4, 0.5) is 15.8 Å². The van der Waals surface area contributed by atoms with E-state index in [1.807, 2.05) is 0 Å². The molecule has 22 heavy (non-hydrogen) atoms. The molecule has 0 spiro atoms. The largest absolute Gasteiger partial charge is 0.361 e. The lowest BCUT2D eigenvalue weighted by Crippen LogP contribution is -2.13. The summed E-state index contributed by atoms with van der Waals surface area (Å²) in [6.07, 6.45) is 0.602. The van der Waals surface area contributed by atoms with E-state index in [1.54, 1.807) is 13.8 Å². The average molecular weight is 307 g/mol. The number of nitrogens with one attached hydrogen (secondary N) is 1. The summed E-state index contributed by atoms with van der Waals surface area (Å²) in [6.45, 7) is 3.55. The maximum atomic E-state index is 13.2. The molecular weight excluding hydrogens is 293 g/mol. The Hall–Kier alpha value is -2.77. The van der Waals surface area contributed by atoms with E-state index in [-0.39, 0.29) is 18.0 Å². The number of rotatable bonds is 5. The van der Waals surface area contributed by atoms with Crippen LogP contribution in [0, 0.1) is 29.8 Å². The molecule has 0 aliphatic heterocycles. The van der Waals surface area contributed by atoms with E-state index in [9.17, 15) is 19.3 Å². The second-order valence-electron chi connectivity index (χ2n) is 4.77. The van der Waals surface area contributed by atoms with Gasteiger partial charge in [-0.2, -0.15) is 4.39 Å². The molecule has 0 saturated carbocycles. The summed E-state index contributed by atoms with van der Waals surface area (Å²) in [4.78, 5) is 21.7. The molecule has 2 aromatic rings. The van der Waals surface area contributed by atoms with Crippen molar-refractivity contribution < 1.29 is 18.6 Å². The van der Waals surface area contributed by atoms with Gasteiger partial charge in [0.25, 0.3) is 0 Å². The number of nitrogens with zero attached hydrogens (tertiary/aromatic N) is 2. The van der Waals surface area contributed by atoms with Crippen molar-refractivity contribution in [3.63, 3.8) is 0 Å². The van der Waals surface area contributed by atoms with Gasteiger partial charge in [-0.25, -0.2) is 0 Å². The second kappa shape index (κ2) is 6.33. The fourth-order valence-electron chi connectivity index (χ4n) is 2.05. The second-order valence-corrected chi connectivity index (χ2v) is 4.77. The van der Waals surface area contributed by atoms with E-state index in [0.29, 0.717) is 12.2 Å². The van der Waals surface area contributed by atoms with Gasteiger partial charge in [0.05, 0.1) is 10.6 Å². The molecule has 116 valence electrons. The van der Waals surface area contributed by atoms with Crippen molar-refractivity contribution in [2.45, 2.75) is 26.7 Å². The monoisotopic (exact) mass is 307 g/mol. The molecule has 1 aromatic carbocycles. The smallest absolute Gasteiger partial charge is 0.306 e. The van der Waals surface area contributed by atoms with Gasteiger partial charge in [-0.1, -0.05) is 5.16 Å². The Morgan fingerprint density at radius 3 is 2.77 bits per heavy atom. The van der Waals surface area contributed by atoms with Gasteiger partial charge in [-0.3, -0.25) is 14.9 Å². The number of carbonyl (C=O) groups excluding carboxylic acids is 1. The van der Waals surface area contributed by atoms with Gasteiger partial charge in [-0.15, -0.1) is 0 Å². The minimum absolute atomic E-state index is 0.161. The highest BCUT2D eigenvalue weighted by Gasteiger charge is 2.16. The first-order valence-electron chi connectivity index (χ1n) is 6.54. The van der Waals surface area contributed by atoms with Crippen LogP contribution in [0.1, 0.15) is 23.4 Å². The zero-order valence-electron chi connectivity index (χ0n) is 12.1. The maximum Gasteiger partial charge on any atom is 0.306 e. The number of hydrogen-bond donors (Lipinski definition) is 1. The van der Waals surface area contributed by atoms with Crippen LogP contribution in [0.2, 0.25) is 0 Å². The zero-order valence-corrected chi connectivity index (χ0v) is 12.1. The Kier molecular flexibility index (Phi) is 4.50. The Balaban J connectivity index is 2.01. The van der Waals surface area contributed by atoms with Crippen LogP contribution in [0.3, 0.4) is 0 Å². The molecule has 1 N–H and O–H groups in total. The number of carbonyl (C=O) groups is 1. The molecular formula is C14H14FN3O4. The molecule has 8 heteroatoms. The predicted molar refractivity (Wildman–Crippen MR) is 76.0 cm³/mol. The van der Waals surface area contributed by atoms with Gasteiger partial charge in [0, 0.05) is 23.7 Å². The van der Waals surface area contributed by atoms with Crippen molar-refractivity contribution in [1.29, 1.82) is 0 Å². The van der Waals surface area contributed by atoms with Crippen molar-refractivity contribution >= 4 is 17.3 Å². The molecule has 7 nitrogen and oxygen atoms in total. The standard InChI is InChI=1S/C14H14FN3O4/c1-8-11(9(2)22-17-8)4-6-14(19)16-10-3-5-12(15)13(7-10)18(20)21/h3,5,7H,4,6H2,1-2H3,(H,16,19). The van der Waals surface area contributed by atoms with Crippen LogP contribution >= 0.6 is 0 Å². The Morgan fingerprint density at radius 2 is 2.18 bits per heavy atom. The summed E-state index contributed by atoms with van der Waals surface area (Å²) >= 11 is 0. The first kappa shape index (κ1) is 15.6. The van der Waals surface area contributed by atoms with Crippen LogP contribution in [0.15, 0.2) is 22.7 Å². The minimum Gasteiger partial charge on any atom is -0.361 e. The van der Waals surface area contributed by atoms with Crippen LogP contribution in [-0.2, 0) is 11.2 Å². The van der Waals surface area contributed by atoms with E-state index in [0.717, 1.165) is 23.4 Å². The van der Waals surface area contributed by atoms with Gasteiger partial charge in [0.15, 0.2) is 0 Å². The molecule has 0 aliphatic rings. The third-order valence-corrected chi connectivity index (χ3v) is 3.21. The molecule has 1 heterocycles. The molecule has 0 atom stereocenters. The Bertz CT molecular complexity index is 707. The van der Waals surface area contributed by atoms with E-state index >= 15 is 0 Å². The third-order valence-electron chi connectivity index (χ3n) is 3.21. The van der Waals surface area contributed by atoms with Gasteiger partial charge in [-0.05, 0) is 32.4 Å². The normalized spacial score (nSPS) is 10.5. The van der Waals surface area contributed by atoms with Crippen LogP contribution in [0.25, 0.3) is 0 Å². The van der Waals surface area contributed by atoms with E-state index in [4.69, 9.17) is 4.52 Å². The Labute approximate surface area is 125 Å². The summed E-state index contributed by atoms with van der Waals surface area (Å²) < 4.78 is 18.2. The first-order chi connectivity index (χ1) is 10.4. The molecule has 0 unspecified atom stereocenters. The average Bonchev–Trinajstić information content (AvgIpc) is 2.77. The van der Waals surface area contributed by atoms with Gasteiger partial charge in [0.2, 0.25) is 11.7 Å². The molecule has 0 aliphatic carbocycles. The molecule has 0 bridgehead atoms. The van der Waals surface area contributed by atoms with Crippen molar-refractivity contribution in [1.82, 2.24) is 5.16 Å². The van der Waals surface area contributed by atoms with Gasteiger partial charge >= 0.3 is 5.69 Å². The number of halogens is 1. The number of nitro groups is 1. The summed E-state index contributed by atoms with van der Waals surface area (Å²) in [5.74, 6) is -0.623. The molecule has 1 amide bonds. The van der Waals surface area contributed by atoms with E-state index < -0.39 is 16.4 Å². The van der Waals surface area contributed by atoms with Gasteiger partial charge < -0.3 is 9.84 Å². The molecule has 0 fully saturated rings. The molecule has 1 aromatic heterocycles. The first-order valence-corrected chi connectivity index (χ1v) is 6.54. The third kappa shape index (κ3) is 3.46. The molecule has 0 radical (unpaired) electrons. The quantitative estimate of drug-likeness (QED) is 0.676. The lowest BCUT2D eigenvalue weighted by Gasteiger charge is -2.05. The Morgan fingerprint density at radius 1 is 1.45 bits per heavy atom. The molecule has 2 rings (SSSR count). The lowest BCUT2D eigenvalue weighted by atomic mass is 10.1. The summed E-state index contributed by atoms with van der Waals surface area (Å²) in [5, 5.41) is 17.0. The minimum atomic E-state index is -0.946. The fourth-order valence-corrected chi connectivity index (χ4v) is 2.05. The highest BCUT2D eigenvalue weighted by Crippen LogP contribution is 2.22. The summed E-state index contributed by atoms with van der Waals surface area (Å²) in [6, 6.07) is 3.21. The van der Waals surface area contributed by atoms with Crippen LogP contribution in [-0.4, -0.2) is 16.0 Å². The topological polar surface area (TPSA) is 98.3 Å². The van der Waals surface area contributed by atoms with E-state index in [2.05, 4.69) is 10.5 Å². The SMILES string of the molecule is Cc1noc(C)c1CCC(=O)Nc1ccc(F)c([N+](=O)[O-])c1. The highest BCUT2D eigenvalue weighted by atomic mass is 19.1. The van der Waals surface area contributed by atoms with Crippen molar-refractivity contribution in [3.8, 4) is 0 Å². The number of amides is 1. The molecule has 0 saturated heterocycles. The number of aromatic nitrogens is 1. The number of hydrogen-bond acceptors (Lipinski definition) is 5. The summed E-state index contributed by atoms with van der Waals surface area (Å²) in [5.41, 5.74) is 1.09.